The van der Waals surface area contributed by atoms with Gasteiger partial charge in [0.25, 0.3) is 5.91 Å². The summed E-state index contributed by atoms with van der Waals surface area (Å²) in [6.45, 7) is 3.32. The first kappa shape index (κ1) is 14.8. The van der Waals surface area contributed by atoms with E-state index in [1.165, 1.54) is 0 Å². The maximum absolute atomic E-state index is 12.8. The quantitative estimate of drug-likeness (QED) is 0.920. The Labute approximate surface area is 130 Å². The lowest BCUT2D eigenvalue weighted by molar-refractivity contribution is -0.118. The van der Waals surface area contributed by atoms with Gasteiger partial charge in [-0.1, -0.05) is 25.1 Å². The van der Waals surface area contributed by atoms with Gasteiger partial charge in [-0.15, -0.1) is 0 Å². The van der Waals surface area contributed by atoms with Crippen molar-refractivity contribution in [3.8, 4) is 0 Å². The van der Waals surface area contributed by atoms with E-state index in [2.05, 4.69) is 11.1 Å². The lowest BCUT2D eigenvalue weighted by atomic mass is 10.1. The second kappa shape index (κ2) is 6.34. The largest absolute Gasteiger partial charge is 0.350 e. The standard InChI is InChI=1S/C18H22N2O2/c1-2-13(21)7-5-11-20-12-6-9-15-14-8-3-4-10-16(14)19-17(15)18(20)22/h3-4,8,10,19H,2,5-7,9,11-12H2,1H3. The van der Waals surface area contributed by atoms with Gasteiger partial charge in [-0.25, -0.2) is 0 Å². The Morgan fingerprint density at radius 3 is 2.95 bits per heavy atom. The summed E-state index contributed by atoms with van der Waals surface area (Å²) in [6.07, 6.45) is 3.81. The van der Waals surface area contributed by atoms with Gasteiger partial charge in [0, 0.05) is 36.8 Å². The third-order valence-corrected chi connectivity index (χ3v) is 4.45. The van der Waals surface area contributed by atoms with Gasteiger partial charge in [0.2, 0.25) is 0 Å². The van der Waals surface area contributed by atoms with E-state index >= 15 is 0 Å². The summed E-state index contributed by atoms with van der Waals surface area (Å²) in [5.41, 5.74) is 2.91. The summed E-state index contributed by atoms with van der Waals surface area (Å²) in [6, 6.07) is 8.09. The fourth-order valence-electron chi connectivity index (χ4n) is 3.21. The van der Waals surface area contributed by atoms with E-state index in [9.17, 15) is 9.59 Å². The van der Waals surface area contributed by atoms with Crippen LogP contribution in [-0.4, -0.2) is 34.7 Å². The molecule has 2 aromatic rings. The van der Waals surface area contributed by atoms with Crippen molar-refractivity contribution in [3.05, 3.63) is 35.5 Å². The molecule has 22 heavy (non-hydrogen) atoms. The molecule has 0 bridgehead atoms. The molecule has 0 radical (unpaired) electrons. The Morgan fingerprint density at radius 1 is 1.32 bits per heavy atom. The summed E-state index contributed by atoms with van der Waals surface area (Å²) >= 11 is 0. The molecule has 4 heteroatoms. The normalized spacial score (nSPS) is 15.0. The molecule has 0 saturated carbocycles. The molecule has 0 aliphatic carbocycles. The van der Waals surface area contributed by atoms with E-state index in [0.29, 0.717) is 19.4 Å². The van der Waals surface area contributed by atoms with Crippen LogP contribution in [0.5, 0.6) is 0 Å². The van der Waals surface area contributed by atoms with Crippen LogP contribution in [0.3, 0.4) is 0 Å². The number of carbonyl (C=O) groups is 2. The number of para-hydroxylation sites is 1. The zero-order valence-corrected chi connectivity index (χ0v) is 13.0. The molecule has 1 aliphatic heterocycles. The predicted octanol–water partition coefficient (Wildman–Crippen LogP) is 3.32. The average molecular weight is 298 g/mol. The van der Waals surface area contributed by atoms with Crippen LogP contribution in [0.25, 0.3) is 10.9 Å². The van der Waals surface area contributed by atoms with Crippen LogP contribution in [0.2, 0.25) is 0 Å². The first-order chi connectivity index (χ1) is 10.7. The molecule has 3 rings (SSSR count). The maximum atomic E-state index is 12.8. The van der Waals surface area contributed by atoms with Gasteiger partial charge in [-0.3, -0.25) is 9.59 Å². The molecule has 1 aliphatic rings. The van der Waals surface area contributed by atoms with Crippen LogP contribution in [0.4, 0.5) is 0 Å². The van der Waals surface area contributed by atoms with Crippen LogP contribution in [0, 0.1) is 0 Å². The summed E-state index contributed by atoms with van der Waals surface area (Å²) in [7, 11) is 0. The lowest BCUT2D eigenvalue weighted by Gasteiger charge is -2.20. The molecule has 1 aromatic heterocycles. The number of nitrogens with one attached hydrogen (secondary N) is 1. The Balaban J connectivity index is 1.79. The Hall–Kier alpha value is -2.10. The van der Waals surface area contributed by atoms with Crippen LogP contribution >= 0.6 is 0 Å². The fraction of sp³-hybridized carbons (Fsp3) is 0.444. The van der Waals surface area contributed by atoms with Gasteiger partial charge in [0.05, 0.1) is 0 Å². The van der Waals surface area contributed by atoms with Crippen LogP contribution in [-0.2, 0) is 11.2 Å². The zero-order valence-electron chi connectivity index (χ0n) is 13.0. The molecule has 0 saturated heterocycles. The monoisotopic (exact) mass is 298 g/mol. The van der Waals surface area contributed by atoms with E-state index in [4.69, 9.17) is 0 Å². The number of hydrogen-bond acceptors (Lipinski definition) is 2. The summed E-state index contributed by atoms with van der Waals surface area (Å²) in [5, 5.41) is 1.16. The van der Waals surface area contributed by atoms with E-state index in [1.54, 1.807) is 0 Å². The molecular weight excluding hydrogens is 276 g/mol. The number of aryl methyl sites for hydroxylation is 1. The van der Waals surface area contributed by atoms with E-state index in [1.807, 2.05) is 30.0 Å². The number of rotatable bonds is 5. The summed E-state index contributed by atoms with van der Waals surface area (Å²) < 4.78 is 0. The SMILES string of the molecule is CCC(=O)CCCN1CCCc2c([nH]c3ccccc23)C1=O. The topological polar surface area (TPSA) is 53.2 Å². The highest BCUT2D eigenvalue weighted by Crippen LogP contribution is 2.27. The minimum Gasteiger partial charge on any atom is -0.350 e. The first-order valence-corrected chi connectivity index (χ1v) is 8.11. The Kier molecular flexibility index (Phi) is 4.27. The average Bonchev–Trinajstić information content (AvgIpc) is 2.84. The van der Waals surface area contributed by atoms with Crippen molar-refractivity contribution in [1.29, 1.82) is 0 Å². The molecule has 2 heterocycles. The maximum Gasteiger partial charge on any atom is 0.270 e. The van der Waals surface area contributed by atoms with Crippen molar-refractivity contribution in [3.63, 3.8) is 0 Å². The highest BCUT2D eigenvalue weighted by atomic mass is 16.2. The smallest absolute Gasteiger partial charge is 0.270 e. The highest BCUT2D eigenvalue weighted by Gasteiger charge is 2.25. The van der Waals surface area contributed by atoms with E-state index in [-0.39, 0.29) is 11.7 Å². The molecule has 0 atom stereocenters. The lowest BCUT2D eigenvalue weighted by Crippen LogP contribution is -2.32. The highest BCUT2D eigenvalue weighted by molar-refractivity contribution is 6.01. The number of Topliss-reactive ketones (excluding diaryl/α,β-unsaturated/α-hetero) is 1. The van der Waals surface area contributed by atoms with Crippen molar-refractivity contribution >= 4 is 22.6 Å². The molecule has 0 spiro atoms. The zero-order chi connectivity index (χ0) is 15.5. The number of amides is 1. The molecule has 116 valence electrons. The second-order valence-electron chi connectivity index (χ2n) is 5.92. The van der Waals surface area contributed by atoms with Crippen molar-refractivity contribution in [2.75, 3.05) is 13.1 Å². The molecule has 1 N–H and O–H groups in total. The first-order valence-electron chi connectivity index (χ1n) is 8.11. The van der Waals surface area contributed by atoms with Gasteiger partial charge in [0.1, 0.15) is 11.5 Å². The molecule has 4 nitrogen and oxygen atoms in total. The van der Waals surface area contributed by atoms with Crippen molar-refractivity contribution in [2.45, 2.75) is 39.0 Å². The second-order valence-corrected chi connectivity index (χ2v) is 5.92. The number of H-pyrrole nitrogens is 1. The number of benzene rings is 1. The number of ketones is 1. The number of aromatic amines is 1. The number of aromatic nitrogens is 1. The third-order valence-electron chi connectivity index (χ3n) is 4.45. The van der Waals surface area contributed by atoms with E-state index < -0.39 is 0 Å². The molecule has 0 unspecified atom stereocenters. The third kappa shape index (κ3) is 2.78. The van der Waals surface area contributed by atoms with Crippen LogP contribution < -0.4 is 0 Å². The van der Waals surface area contributed by atoms with Gasteiger partial charge < -0.3 is 9.88 Å². The fourth-order valence-corrected chi connectivity index (χ4v) is 3.21. The van der Waals surface area contributed by atoms with Crippen LogP contribution in [0.15, 0.2) is 24.3 Å². The van der Waals surface area contributed by atoms with Crippen molar-refractivity contribution < 1.29 is 9.59 Å². The molecule has 1 aromatic carbocycles. The molecule has 0 fully saturated rings. The van der Waals surface area contributed by atoms with Gasteiger partial charge in [-0.05, 0) is 30.9 Å². The molecular formula is C18H22N2O2. The summed E-state index contributed by atoms with van der Waals surface area (Å²) in [4.78, 5) is 29.4. The predicted molar refractivity (Wildman–Crippen MR) is 87.1 cm³/mol. The van der Waals surface area contributed by atoms with Crippen LogP contribution in [0.1, 0.15) is 48.7 Å². The number of carbonyl (C=O) groups excluding carboxylic acids is 2. The number of hydrogen-bond donors (Lipinski definition) is 1. The van der Waals surface area contributed by atoms with E-state index in [0.717, 1.165) is 48.0 Å². The number of nitrogens with zero attached hydrogens (tertiary/aromatic N) is 1. The molecule has 1 amide bonds. The minimum absolute atomic E-state index is 0.0765. The van der Waals surface area contributed by atoms with Crippen molar-refractivity contribution in [2.24, 2.45) is 0 Å². The van der Waals surface area contributed by atoms with Gasteiger partial charge in [-0.2, -0.15) is 0 Å². The van der Waals surface area contributed by atoms with Gasteiger partial charge in [0.15, 0.2) is 0 Å². The Bertz CT molecular complexity index is 702. The summed E-state index contributed by atoms with van der Waals surface area (Å²) in [5.74, 6) is 0.348. The Morgan fingerprint density at radius 2 is 2.14 bits per heavy atom. The van der Waals surface area contributed by atoms with Gasteiger partial charge >= 0.3 is 0 Å². The van der Waals surface area contributed by atoms with Crippen molar-refractivity contribution in [1.82, 2.24) is 9.88 Å². The minimum atomic E-state index is 0.0765. The number of fused-ring (bicyclic) bond motifs is 3.